The van der Waals surface area contributed by atoms with E-state index in [1.54, 1.807) is 6.07 Å². The molecular formula is C15H19Cl2N3. The summed E-state index contributed by atoms with van der Waals surface area (Å²) >= 11 is 12.1. The smallest absolute Gasteiger partial charge is 0.0953 e. The lowest BCUT2D eigenvalue weighted by atomic mass is 10.2. The van der Waals surface area contributed by atoms with Gasteiger partial charge in [-0.05, 0) is 30.2 Å². The average molecular weight is 312 g/mol. The van der Waals surface area contributed by atoms with Gasteiger partial charge in [0.05, 0.1) is 12.0 Å². The number of aromatic nitrogens is 2. The molecule has 0 spiro atoms. The minimum Gasteiger partial charge on any atom is -0.333 e. The minimum absolute atomic E-state index is 0.643. The molecule has 1 aromatic carbocycles. The Labute approximate surface area is 129 Å². The predicted octanol–water partition coefficient (Wildman–Crippen LogP) is 3.98. The maximum Gasteiger partial charge on any atom is 0.0953 e. The fraction of sp³-hybridized carbons (Fsp3) is 0.400. The topological polar surface area (TPSA) is 29.9 Å². The van der Waals surface area contributed by atoms with E-state index in [0.717, 1.165) is 24.3 Å². The second kappa shape index (κ2) is 7.11. The molecule has 1 heterocycles. The van der Waals surface area contributed by atoms with Gasteiger partial charge in [-0.1, -0.05) is 43.1 Å². The largest absolute Gasteiger partial charge is 0.333 e. The van der Waals surface area contributed by atoms with Crippen LogP contribution >= 0.6 is 23.2 Å². The first-order chi connectivity index (χ1) is 9.54. The summed E-state index contributed by atoms with van der Waals surface area (Å²) in [6, 6.07) is 5.56. The van der Waals surface area contributed by atoms with Crippen LogP contribution in [0.1, 0.15) is 25.1 Å². The van der Waals surface area contributed by atoms with Crippen LogP contribution in [-0.2, 0) is 13.1 Å². The van der Waals surface area contributed by atoms with Crippen LogP contribution in [-0.4, -0.2) is 16.1 Å². The van der Waals surface area contributed by atoms with E-state index >= 15 is 0 Å². The van der Waals surface area contributed by atoms with Gasteiger partial charge >= 0.3 is 0 Å². The van der Waals surface area contributed by atoms with Gasteiger partial charge in [0.25, 0.3) is 0 Å². The molecule has 0 unspecified atom stereocenters. The van der Waals surface area contributed by atoms with Crippen LogP contribution in [0.3, 0.4) is 0 Å². The Kier molecular flexibility index (Phi) is 5.46. The highest BCUT2D eigenvalue weighted by atomic mass is 35.5. The number of benzene rings is 1. The van der Waals surface area contributed by atoms with E-state index in [0.29, 0.717) is 22.5 Å². The van der Waals surface area contributed by atoms with E-state index in [2.05, 4.69) is 24.1 Å². The lowest BCUT2D eigenvalue weighted by Gasteiger charge is -2.06. The molecule has 5 heteroatoms. The third-order valence-electron chi connectivity index (χ3n) is 2.91. The molecule has 3 nitrogen and oxygen atoms in total. The highest BCUT2D eigenvalue weighted by Crippen LogP contribution is 2.21. The second-order valence-corrected chi connectivity index (χ2v) is 6.14. The third-order valence-corrected chi connectivity index (χ3v) is 3.50. The van der Waals surface area contributed by atoms with Crippen LogP contribution in [0.5, 0.6) is 0 Å². The van der Waals surface area contributed by atoms with Gasteiger partial charge in [0, 0.05) is 29.3 Å². The van der Waals surface area contributed by atoms with Crippen LogP contribution in [0.4, 0.5) is 0 Å². The Morgan fingerprint density at radius 3 is 2.80 bits per heavy atom. The van der Waals surface area contributed by atoms with Crippen molar-refractivity contribution in [2.24, 2.45) is 5.92 Å². The molecule has 0 aliphatic heterocycles. The molecule has 0 saturated carbocycles. The standard InChI is InChI=1S/C15H19Cl2N3/c1-11(2)6-18-7-14-9-20(10-19-14)8-12-3-4-13(16)5-15(12)17/h3-5,9-11,18H,6-8H2,1-2H3. The van der Waals surface area contributed by atoms with Crippen LogP contribution in [0.2, 0.25) is 10.0 Å². The fourth-order valence-corrected chi connectivity index (χ4v) is 2.39. The second-order valence-electron chi connectivity index (χ2n) is 5.30. The highest BCUT2D eigenvalue weighted by Gasteiger charge is 2.04. The Hall–Kier alpha value is -1.03. The number of imidazole rings is 1. The molecule has 108 valence electrons. The predicted molar refractivity (Wildman–Crippen MR) is 84.3 cm³/mol. The van der Waals surface area contributed by atoms with Gasteiger partial charge in [-0.2, -0.15) is 0 Å². The summed E-state index contributed by atoms with van der Waals surface area (Å²) in [6.07, 6.45) is 3.87. The SMILES string of the molecule is CC(C)CNCc1cn(Cc2ccc(Cl)cc2Cl)cn1. The summed E-state index contributed by atoms with van der Waals surface area (Å²) in [5.41, 5.74) is 2.07. The van der Waals surface area contributed by atoms with E-state index < -0.39 is 0 Å². The summed E-state index contributed by atoms with van der Waals surface area (Å²) in [7, 11) is 0. The summed E-state index contributed by atoms with van der Waals surface area (Å²) in [5.74, 6) is 0.643. The molecule has 0 radical (unpaired) electrons. The summed E-state index contributed by atoms with van der Waals surface area (Å²) in [4.78, 5) is 4.39. The zero-order valence-electron chi connectivity index (χ0n) is 11.7. The summed E-state index contributed by atoms with van der Waals surface area (Å²) in [6.45, 7) is 6.87. The molecule has 0 atom stereocenters. The molecule has 0 aliphatic rings. The molecule has 20 heavy (non-hydrogen) atoms. The van der Waals surface area contributed by atoms with Gasteiger partial charge in [-0.3, -0.25) is 0 Å². The molecule has 0 saturated heterocycles. The van der Waals surface area contributed by atoms with Crippen molar-refractivity contribution in [2.75, 3.05) is 6.54 Å². The van der Waals surface area contributed by atoms with Gasteiger partial charge in [0.1, 0.15) is 0 Å². The van der Waals surface area contributed by atoms with E-state index in [-0.39, 0.29) is 0 Å². The molecule has 1 N–H and O–H groups in total. The van der Waals surface area contributed by atoms with Gasteiger partial charge in [-0.25, -0.2) is 4.98 Å². The first kappa shape index (κ1) is 15.4. The molecule has 0 amide bonds. The Balaban J connectivity index is 1.95. The highest BCUT2D eigenvalue weighted by molar-refractivity contribution is 6.35. The Morgan fingerprint density at radius 2 is 2.10 bits per heavy atom. The molecule has 1 aromatic heterocycles. The van der Waals surface area contributed by atoms with Crippen LogP contribution in [0.15, 0.2) is 30.7 Å². The van der Waals surface area contributed by atoms with E-state index in [4.69, 9.17) is 23.2 Å². The van der Waals surface area contributed by atoms with Crippen molar-refractivity contribution in [3.05, 3.63) is 52.0 Å². The van der Waals surface area contributed by atoms with Crippen molar-refractivity contribution in [1.29, 1.82) is 0 Å². The van der Waals surface area contributed by atoms with Crippen molar-refractivity contribution in [2.45, 2.75) is 26.9 Å². The number of halogens is 2. The quantitative estimate of drug-likeness (QED) is 0.874. The monoisotopic (exact) mass is 311 g/mol. The molecule has 2 rings (SSSR count). The van der Waals surface area contributed by atoms with Crippen LogP contribution < -0.4 is 5.32 Å². The fourth-order valence-electron chi connectivity index (χ4n) is 1.92. The van der Waals surface area contributed by atoms with Gasteiger partial charge < -0.3 is 9.88 Å². The van der Waals surface area contributed by atoms with Crippen LogP contribution in [0.25, 0.3) is 0 Å². The number of nitrogens with one attached hydrogen (secondary N) is 1. The summed E-state index contributed by atoms with van der Waals surface area (Å²) < 4.78 is 2.03. The Morgan fingerprint density at radius 1 is 1.30 bits per heavy atom. The van der Waals surface area contributed by atoms with Crippen LogP contribution in [0, 0.1) is 5.92 Å². The number of hydrogen-bond acceptors (Lipinski definition) is 2. The summed E-state index contributed by atoms with van der Waals surface area (Å²) in [5, 5.41) is 4.72. The van der Waals surface area contributed by atoms with Crippen molar-refractivity contribution in [3.8, 4) is 0 Å². The van der Waals surface area contributed by atoms with E-state index in [1.165, 1.54) is 0 Å². The van der Waals surface area contributed by atoms with Gasteiger partial charge in [-0.15, -0.1) is 0 Å². The molecule has 0 aliphatic carbocycles. The average Bonchev–Trinajstić information content (AvgIpc) is 2.80. The molecule has 0 bridgehead atoms. The third kappa shape index (κ3) is 4.51. The van der Waals surface area contributed by atoms with Gasteiger partial charge in [0.15, 0.2) is 0 Å². The van der Waals surface area contributed by atoms with Crippen molar-refractivity contribution >= 4 is 23.2 Å². The first-order valence-electron chi connectivity index (χ1n) is 6.70. The van der Waals surface area contributed by atoms with Crippen molar-refractivity contribution in [1.82, 2.24) is 14.9 Å². The maximum atomic E-state index is 6.17. The lowest BCUT2D eigenvalue weighted by molar-refractivity contribution is 0.548. The number of hydrogen-bond donors (Lipinski definition) is 1. The van der Waals surface area contributed by atoms with E-state index in [9.17, 15) is 0 Å². The molecule has 2 aromatic rings. The minimum atomic E-state index is 0.643. The Bertz CT molecular complexity index is 564. The first-order valence-corrected chi connectivity index (χ1v) is 7.45. The zero-order chi connectivity index (χ0) is 14.5. The normalized spacial score (nSPS) is 11.2. The number of rotatable bonds is 6. The zero-order valence-corrected chi connectivity index (χ0v) is 13.2. The lowest BCUT2D eigenvalue weighted by Crippen LogP contribution is -2.19. The molecular weight excluding hydrogens is 293 g/mol. The maximum absolute atomic E-state index is 6.17. The van der Waals surface area contributed by atoms with E-state index in [1.807, 2.05) is 29.2 Å². The van der Waals surface area contributed by atoms with Crippen molar-refractivity contribution < 1.29 is 0 Å². The van der Waals surface area contributed by atoms with Gasteiger partial charge in [0.2, 0.25) is 0 Å². The molecule has 0 fully saturated rings. The van der Waals surface area contributed by atoms with Crippen molar-refractivity contribution in [3.63, 3.8) is 0 Å². The number of nitrogens with zero attached hydrogens (tertiary/aromatic N) is 2.